The Kier molecular flexibility index (Phi) is 20.8. The van der Waals surface area contributed by atoms with Gasteiger partial charge in [0.2, 0.25) is 29.5 Å². The molecule has 0 saturated carbocycles. The molecule has 20 nitrogen and oxygen atoms in total. The maximum absolute atomic E-state index is 13.1. The Bertz CT molecular complexity index is 1020. The normalized spacial score (nSPS) is 14.0. The van der Waals surface area contributed by atoms with Gasteiger partial charge in [-0.3, -0.25) is 33.8 Å². The minimum absolute atomic E-state index is 0.0468. The van der Waals surface area contributed by atoms with Crippen molar-refractivity contribution in [1.29, 1.82) is 0 Å². The summed E-state index contributed by atoms with van der Waals surface area (Å²) in [6.45, 7) is -1.45. The van der Waals surface area contributed by atoms with Crippen LogP contribution in [0.15, 0.2) is 4.99 Å². The lowest BCUT2D eigenvalue weighted by Gasteiger charge is -2.25. The number of hydrogen-bond acceptors (Lipinski definition) is 12. The van der Waals surface area contributed by atoms with Crippen molar-refractivity contribution < 1.29 is 48.9 Å². The van der Waals surface area contributed by atoms with Crippen LogP contribution in [0.5, 0.6) is 0 Å². The first-order chi connectivity index (χ1) is 21.3. The van der Waals surface area contributed by atoms with Crippen LogP contribution < -0.4 is 49.1 Å². The molecule has 0 unspecified atom stereocenters. The summed E-state index contributed by atoms with van der Waals surface area (Å²) in [6, 6.07) is -7.16. The van der Waals surface area contributed by atoms with Gasteiger partial charge in [0, 0.05) is 6.54 Å². The van der Waals surface area contributed by atoms with E-state index in [9.17, 15) is 43.8 Å². The summed E-state index contributed by atoms with van der Waals surface area (Å²) in [4.78, 5) is 89.0. The Morgan fingerprint density at radius 1 is 0.756 bits per heavy atom. The van der Waals surface area contributed by atoms with E-state index in [2.05, 4.69) is 36.9 Å². The summed E-state index contributed by atoms with van der Waals surface area (Å²) in [6.07, 6.45) is 1.04. The number of carbonyl (C=O) groups excluding carboxylic acids is 6. The molecule has 256 valence electrons. The maximum Gasteiger partial charge on any atom is 0.305 e. The average molecular weight is 647 g/mol. The number of aldehydes is 1. The second-order valence-electron chi connectivity index (χ2n) is 9.77. The second kappa shape index (κ2) is 23.0. The third-order valence-electron chi connectivity index (χ3n) is 6.11. The van der Waals surface area contributed by atoms with Crippen molar-refractivity contribution in [2.45, 2.75) is 68.7 Å². The van der Waals surface area contributed by atoms with E-state index in [0.29, 0.717) is 32.1 Å². The molecule has 45 heavy (non-hydrogen) atoms. The predicted molar refractivity (Wildman–Crippen MR) is 159 cm³/mol. The molecule has 0 aromatic carbocycles. The van der Waals surface area contributed by atoms with Crippen LogP contribution in [0, 0.1) is 0 Å². The highest BCUT2D eigenvalue weighted by Crippen LogP contribution is 2.04. The van der Waals surface area contributed by atoms with Gasteiger partial charge in [-0.1, -0.05) is 0 Å². The van der Waals surface area contributed by atoms with E-state index in [-0.39, 0.29) is 25.3 Å². The van der Waals surface area contributed by atoms with Gasteiger partial charge in [0.05, 0.1) is 32.2 Å². The van der Waals surface area contributed by atoms with Crippen LogP contribution in [0.4, 0.5) is 0 Å². The Morgan fingerprint density at radius 3 is 1.80 bits per heavy atom. The van der Waals surface area contributed by atoms with Gasteiger partial charge >= 0.3 is 5.97 Å². The van der Waals surface area contributed by atoms with E-state index in [1.54, 1.807) is 7.05 Å². The number of hydrogen-bond donors (Lipinski definition) is 12. The molecule has 0 bridgehead atoms. The lowest BCUT2D eigenvalue weighted by molar-refractivity contribution is -0.141. The van der Waals surface area contributed by atoms with Crippen LogP contribution in [0.25, 0.3) is 0 Å². The highest BCUT2D eigenvalue weighted by Gasteiger charge is 2.32. The Balaban J connectivity index is 5.58. The first kappa shape index (κ1) is 40.6. The summed E-state index contributed by atoms with van der Waals surface area (Å²) in [5.41, 5.74) is 16.3. The van der Waals surface area contributed by atoms with E-state index >= 15 is 0 Å². The first-order valence-corrected chi connectivity index (χ1v) is 14.1. The number of carboxylic acids is 1. The molecule has 15 N–H and O–H groups in total. The van der Waals surface area contributed by atoms with Gasteiger partial charge in [-0.2, -0.15) is 0 Å². The molecule has 0 rings (SSSR count). The second-order valence-corrected chi connectivity index (χ2v) is 9.77. The summed E-state index contributed by atoms with van der Waals surface area (Å²) < 4.78 is 0. The number of carbonyl (C=O) groups is 7. The number of rotatable bonds is 24. The molecule has 5 amide bonds. The van der Waals surface area contributed by atoms with Gasteiger partial charge < -0.3 is 69.2 Å². The van der Waals surface area contributed by atoms with Crippen molar-refractivity contribution >= 4 is 47.8 Å². The number of aliphatic hydroxyl groups excluding tert-OH is 2. The molecule has 0 heterocycles. The van der Waals surface area contributed by atoms with Crippen molar-refractivity contribution in [3.63, 3.8) is 0 Å². The zero-order chi connectivity index (χ0) is 34.4. The number of amides is 5. The van der Waals surface area contributed by atoms with E-state index < -0.39 is 91.9 Å². The van der Waals surface area contributed by atoms with Gasteiger partial charge in [-0.05, 0) is 45.7 Å². The van der Waals surface area contributed by atoms with Crippen LogP contribution in [0.2, 0.25) is 0 Å². The van der Waals surface area contributed by atoms with E-state index in [1.807, 2.05) is 0 Å². The Hall–Kier alpha value is -4.40. The molecule has 0 aromatic heterocycles. The molecular weight excluding hydrogens is 600 g/mol. The zero-order valence-electron chi connectivity index (χ0n) is 25.1. The zero-order valence-corrected chi connectivity index (χ0v) is 25.1. The van der Waals surface area contributed by atoms with Crippen molar-refractivity contribution in [2.24, 2.45) is 22.2 Å². The minimum Gasteiger partial charge on any atom is -0.481 e. The SMILES string of the molecule is CNCCCC[C@H](NC(=O)[C@H](CO)NC(=O)[C@@H](N)CCCN=C(N)N)C(=O)N[C@@H](CO)C(=O)N[C@@H](CC(=O)O)C(=O)NCC=O. The highest BCUT2D eigenvalue weighted by atomic mass is 16.4. The minimum atomic E-state index is -1.67. The number of aliphatic imine (C=N–C) groups is 1. The van der Waals surface area contributed by atoms with Crippen LogP contribution in [0.1, 0.15) is 38.5 Å². The largest absolute Gasteiger partial charge is 0.481 e. The topological polar surface area (TPSA) is 343 Å². The van der Waals surface area contributed by atoms with E-state index in [0.717, 1.165) is 0 Å². The lowest BCUT2D eigenvalue weighted by atomic mass is 10.1. The standard InChI is InChI=1S/C25H46N10O10/c1-29-7-3-2-6-15(32-23(44)17(12-37)34-20(41)14(26)5-4-8-31-25(27)28)22(43)35-18(13-38)24(45)33-16(11-19(39)40)21(42)30-9-10-36/h10,14-18,29,37-38H,2-9,11-13,26H2,1H3,(H,30,42)(H,32,44)(H,33,45)(H,34,41)(H,35,43)(H,39,40)(H4,27,28,31)/t14-,15-,16-,17-,18-/m0/s1. The molecule has 0 radical (unpaired) electrons. The first-order valence-electron chi connectivity index (χ1n) is 14.1. The number of nitrogens with one attached hydrogen (secondary N) is 6. The van der Waals surface area contributed by atoms with Crippen molar-refractivity contribution in [3.8, 4) is 0 Å². The number of nitrogens with zero attached hydrogens (tertiary/aromatic N) is 1. The number of carboxylic acid groups (broad SMARTS) is 1. The summed E-state index contributed by atoms with van der Waals surface area (Å²) in [5, 5.41) is 42.7. The van der Waals surface area contributed by atoms with E-state index in [1.165, 1.54) is 0 Å². The number of guanidine groups is 1. The predicted octanol–water partition coefficient (Wildman–Crippen LogP) is -6.53. The van der Waals surface area contributed by atoms with Crippen LogP contribution in [-0.2, 0) is 33.6 Å². The molecule has 20 heteroatoms. The van der Waals surface area contributed by atoms with Crippen LogP contribution in [-0.4, -0.2) is 133 Å². The molecule has 0 aromatic rings. The number of unbranched alkanes of at least 4 members (excludes halogenated alkanes) is 1. The summed E-state index contributed by atoms with van der Waals surface area (Å²) >= 11 is 0. The molecule has 0 spiro atoms. The maximum atomic E-state index is 13.1. The lowest BCUT2D eigenvalue weighted by Crippen LogP contribution is -2.60. The average Bonchev–Trinajstić information content (AvgIpc) is 2.99. The Morgan fingerprint density at radius 2 is 1.29 bits per heavy atom. The third kappa shape index (κ3) is 17.5. The molecule has 5 atom stereocenters. The van der Waals surface area contributed by atoms with Gasteiger partial charge in [0.15, 0.2) is 5.96 Å². The quantitative estimate of drug-likeness (QED) is 0.0201. The molecule has 0 saturated heterocycles. The smallest absolute Gasteiger partial charge is 0.305 e. The van der Waals surface area contributed by atoms with E-state index in [4.69, 9.17) is 22.3 Å². The fourth-order valence-corrected chi connectivity index (χ4v) is 3.70. The number of aliphatic hydroxyl groups is 2. The fourth-order valence-electron chi connectivity index (χ4n) is 3.70. The molecule has 0 aliphatic carbocycles. The fraction of sp³-hybridized carbons (Fsp3) is 0.680. The summed E-state index contributed by atoms with van der Waals surface area (Å²) in [7, 11) is 1.72. The molecular formula is C25H46N10O10. The van der Waals surface area contributed by atoms with Crippen molar-refractivity contribution in [1.82, 2.24) is 31.9 Å². The molecule has 0 fully saturated rings. The number of nitrogens with two attached hydrogens (primary N) is 3. The van der Waals surface area contributed by atoms with Crippen molar-refractivity contribution in [3.05, 3.63) is 0 Å². The third-order valence-corrected chi connectivity index (χ3v) is 6.11. The Labute approximate surface area is 259 Å². The van der Waals surface area contributed by atoms with Crippen LogP contribution >= 0.6 is 0 Å². The van der Waals surface area contributed by atoms with Crippen molar-refractivity contribution in [2.75, 3.05) is 39.9 Å². The van der Waals surface area contributed by atoms with Gasteiger partial charge in [0.1, 0.15) is 30.5 Å². The molecule has 0 aliphatic rings. The monoisotopic (exact) mass is 646 g/mol. The van der Waals surface area contributed by atoms with Gasteiger partial charge in [-0.15, -0.1) is 0 Å². The van der Waals surface area contributed by atoms with Crippen LogP contribution in [0.3, 0.4) is 0 Å². The van der Waals surface area contributed by atoms with Gasteiger partial charge in [0.25, 0.3) is 0 Å². The van der Waals surface area contributed by atoms with Gasteiger partial charge in [-0.25, -0.2) is 0 Å². The number of aliphatic carboxylic acids is 1. The summed E-state index contributed by atoms with van der Waals surface area (Å²) in [5.74, 6) is -6.30. The molecule has 0 aliphatic heterocycles. The highest BCUT2D eigenvalue weighted by molar-refractivity contribution is 5.96.